The van der Waals surface area contributed by atoms with Crippen molar-refractivity contribution in [2.45, 2.75) is 40.2 Å². The summed E-state index contributed by atoms with van der Waals surface area (Å²) in [5.41, 5.74) is 6.95. The molecule has 0 amide bonds. The van der Waals surface area contributed by atoms with Crippen LogP contribution >= 0.6 is 0 Å². The zero-order valence-electron chi connectivity index (χ0n) is 12.4. The number of phenols is 1. The predicted molar refractivity (Wildman–Crippen MR) is 81.0 cm³/mol. The molecule has 3 heteroatoms. The van der Waals surface area contributed by atoms with Gasteiger partial charge in [-0.15, -0.1) is 0 Å². The molecule has 0 radical (unpaired) electrons. The van der Waals surface area contributed by atoms with Crippen LogP contribution in [0.1, 0.15) is 39.2 Å². The lowest BCUT2D eigenvalue weighted by molar-refractivity contribution is 0.256. The van der Waals surface area contributed by atoms with Crippen LogP contribution < -0.4 is 11.1 Å². The van der Waals surface area contributed by atoms with Gasteiger partial charge in [0, 0.05) is 12.1 Å². The second-order valence-electron chi connectivity index (χ2n) is 6.26. The Bertz CT molecular complexity index is 377. The van der Waals surface area contributed by atoms with Crippen LogP contribution in [0.15, 0.2) is 24.3 Å². The van der Waals surface area contributed by atoms with E-state index in [1.165, 1.54) is 0 Å². The average Bonchev–Trinajstić information content (AvgIpc) is 2.36. The van der Waals surface area contributed by atoms with E-state index in [0.29, 0.717) is 17.1 Å². The van der Waals surface area contributed by atoms with Crippen molar-refractivity contribution in [2.24, 2.45) is 17.1 Å². The molecule has 0 spiro atoms. The monoisotopic (exact) mass is 264 g/mol. The molecule has 0 aliphatic carbocycles. The first-order chi connectivity index (χ1) is 8.94. The smallest absolute Gasteiger partial charge is 0.120 e. The van der Waals surface area contributed by atoms with Gasteiger partial charge >= 0.3 is 0 Å². The summed E-state index contributed by atoms with van der Waals surface area (Å²) in [6.07, 6.45) is 2.27. The van der Waals surface area contributed by atoms with Crippen molar-refractivity contribution in [1.82, 2.24) is 5.32 Å². The van der Waals surface area contributed by atoms with E-state index in [4.69, 9.17) is 5.73 Å². The Morgan fingerprint density at radius 1 is 1.32 bits per heavy atom. The average molecular weight is 264 g/mol. The quantitative estimate of drug-likeness (QED) is 0.633. The molecular formula is C16H28N2O. The Kier molecular flexibility index (Phi) is 6.32. The highest BCUT2D eigenvalue weighted by molar-refractivity contribution is 5.31. The third kappa shape index (κ3) is 6.08. The van der Waals surface area contributed by atoms with Crippen molar-refractivity contribution in [1.29, 1.82) is 0 Å². The SMILES string of the molecule is CC(CN)CC(C)(C)CCNCc1ccccc1O. The fourth-order valence-electron chi connectivity index (χ4n) is 2.44. The van der Waals surface area contributed by atoms with Crippen molar-refractivity contribution in [3.05, 3.63) is 29.8 Å². The summed E-state index contributed by atoms with van der Waals surface area (Å²) in [6.45, 7) is 9.22. The van der Waals surface area contributed by atoms with Crippen molar-refractivity contribution < 1.29 is 5.11 Å². The third-order valence-electron chi connectivity index (χ3n) is 3.59. The Morgan fingerprint density at radius 3 is 2.63 bits per heavy atom. The van der Waals surface area contributed by atoms with E-state index in [-0.39, 0.29) is 0 Å². The van der Waals surface area contributed by atoms with Crippen LogP contribution in [0.3, 0.4) is 0 Å². The highest BCUT2D eigenvalue weighted by Gasteiger charge is 2.19. The lowest BCUT2D eigenvalue weighted by atomic mass is 9.80. The molecule has 3 nitrogen and oxygen atoms in total. The lowest BCUT2D eigenvalue weighted by Crippen LogP contribution is -2.25. The summed E-state index contributed by atoms with van der Waals surface area (Å²) >= 11 is 0. The molecule has 1 aromatic carbocycles. The van der Waals surface area contributed by atoms with E-state index in [2.05, 4.69) is 26.1 Å². The maximum atomic E-state index is 9.67. The number of aromatic hydroxyl groups is 1. The van der Waals surface area contributed by atoms with E-state index in [9.17, 15) is 5.11 Å². The maximum Gasteiger partial charge on any atom is 0.120 e. The zero-order chi connectivity index (χ0) is 14.3. The number of phenolic OH excluding ortho intramolecular Hbond substituents is 1. The van der Waals surface area contributed by atoms with E-state index in [1.54, 1.807) is 6.07 Å². The van der Waals surface area contributed by atoms with Crippen molar-refractivity contribution >= 4 is 0 Å². The molecule has 108 valence electrons. The zero-order valence-corrected chi connectivity index (χ0v) is 12.4. The van der Waals surface area contributed by atoms with Gasteiger partial charge in [0.15, 0.2) is 0 Å². The number of nitrogens with two attached hydrogens (primary N) is 1. The Morgan fingerprint density at radius 2 is 2.00 bits per heavy atom. The van der Waals surface area contributed by atoms with Gasteiger partial charge in [0.05, 0.1) is 0 Å². The maximum absolute atomic E-state index is 9.67. The van der Waals surface area contributed by atoms with Crippen LogP contribution in [0.5, 0.6) is 5.75 Å². The van der Waals surface area contributed by atoms with Crippen LogP contribution in [0.2, 0.25) is 0 Å². The summed E-state index contributed by atoms with van der Waals surface area (Å²) in [5.74, 6) is 0.944. The van der Waals surface area contributed by atoms with Gasteiger partial charge in [-0.1, -0.05) is 39.0 Å². The minimum absolute atomic E-state index is 0.310. The van der Waals surface area contributed by atoms with Gasteiger partial charge in [0.25, 0.3) is 0 Å². The first-order valence-corrected chi connectivity index (χ1v) is 7.12. The van der Waals surface area contributed by atoms with Gasteiger partial charge in [0.1, 0.15) is 5.75 Å². The summed E-state index contributed by atoms with van der Waals surface area (Å²) in [5, 5.41) is 13.1. The molecule has 0 fully saturated rings. The first kappa shape index (κ1) is 16.0. The van der Waals surface area contributed by atoms with E-state index >= 15 is 0 Å². The second-order valence-corrected chi connectivity index (χ2v) is 6.26. The van der Waals surface area contributed by atoms with Gasteiger partial charge in [-0.25, -0.2) is 0 Å². The standard InChI is InChI=1S/C16H28N2O/c1-13(11-17)10-16(2,3)8-9-18-12-14-6-4-5-7-15(14)19/h4-7,13,18-19H,8-12,17H2,1-3H3. The van der Waals surface area contributed by atoms with Crippen LogP contribution in [-0.4, -0.2) is 18.2 Å². The molecule has 0 bridgehead atoms. The molecule has 4 N–H and O–H groups in total. The number of nitrogens with one attached hydrogen (secondary N) is 1. The fraction of sp³-hybridized carbons (Fsp3) is 0.625. The van der Waals surface area contributed by atoms with Crippen LogP contribution in [0.25, 0.3) is 0 Å². The molecule has 1 atom stereocenters. The first-order valence-electron chi connectivity index (χ1n) is 7.12. The number of benzene rings is 1. The second kappa shape index (κ2) is 7.51. The normalized spacial score (nSPS) is 13.5. The van der Waals surface area contributed by atoms with E-state index < -0.39 is 0 Å². The summed E-state index contributed by atoms with van der Waals surface area (Å²) in [7, 11) is 0. The number of rotatable bonds is 8. The van der Waals surface area contributed by atoms with Crippen LogP contribution in [0.4, 0.5) is 0 Å². The predicted octanol–water partition coefficient (Wildman–Crippen LogP) is 2.88. The van der Waals surface area contributed by atoms with Gasteiger partial charge in [-0.05, 0) is 43.3 Å². The number of hydrogen-bond acceptors (Lipinski definition) is 3. The molecule has 1 aromatic rings. The molecule has 0 aliphatic heterocycles. The molecule has 19 heavy (non-hydrogen) atoms. The third-order valence-corrected chi connectivity index (χ3v) is 3.59. The molecule has 0 aromatic heterocycles. The minimum Gasteiger partial charge on any atom is -0.508 e. The topological polar surface area (TPSA) is 58.3 Å². The number of para-hydroxylation sites is 1. The molecular weight excluding hydrogens is 236 g/mol. The molecule has 0 aliphatic rings. The van der Waals surface area contributed by atoms with Crippen molar-refractivity contribution in [2.75, 3.05) is 13.1 Å². The van der Waals surface area contributed by atoms with Gasteiger partial charge in [-0.3, -0.25) is 0 Å². The highest BCUT2D eigenvalue weighted by atomic mass is 16.3. The Balaban J connectivity index is 2.29. The Hall–Kier alpha value is -1.06. The molecule has 1 unspecified atom stereocenters. The molecule has 0 saturated carbocycles. The highest BCUT2D eigenvalue weighted by Crippen LogP contribution is 2.28. The lowest BCUT2D eigenvalue weighted by Gasteiger charge is -2.27. The van der Waals surface area contributed by atoms with Gasteiger partial charge < -0.3 is 16.2 Å². The van der Waals surface area contributed by atoms with E-state index in [1.807, 2.05) is 18.2 Å². The minimum atomic E-state index is 0.310. The summed E-state index contributed by atoms with van der Waals surface area (Å²) in [4.78, 5) is 0. The molecule has 1 rings (SSSR count). The van der Waals surface area contributed by atoms with Gasteiger partial charge in [-0.2, -0.15) is 0 Å². The van der Waals surface area contributed by atoms with Gasteiger partial charge in [0.2, 0.25) is 0 Å². The number of hydrogen-bond donors (Lipinski definition) is 3. The largest absolute Gasteiger partial charge is 0.508 e. The van der Waals surface area contributed by atoms with Crippen molar-refractivity contribution in [3.63, 3.8) is 0 Å². The Labute approximate surface area is 117 Å². The van der Waals surface area contributed by atoms with Crippen molar-refractivity contribution in [3.8, 4) is 5.75 Å². The van der Waals surface area contributed by atoms with E-state index in [0.717, 1.165) is 38.0 Å². The van der Waals surface area contributed by atoms with Crippen LogP contribution in [-0.2, 0) is 6.54 Å². The molecule has 0 saturated heterocycles. The summed E-state index contributed by atoms with van der Waals surface area (Å²) < 4.78 is 0. The summed E-state index contributed by atoms with van der Waals surface area (Å²) in [6, 6.07) is 7.47. The van der Waals surface area contributed by atoms with Crippen LogP contribution in [0, 0.1) is 11.3 Å². The molecule has 0 heterocycles. The fourth-order valence-corrected chi connectivity index (χ4v) is 2.44.